The summed E-state index contributed by atoms with van der Waals surface area (Å²) < 4.78 is 45.7. The molecule has 2 atom stereocenters. The minimum Gasteiger partial charge on any atom is -0.454 e. The van der Waals surface area contributed by atoms with Crippen molar-refractivity contribution >= 4 is 28.5 Å². The van der Waals surface area contributed by atoms with Crippen molar-refractivity contribution < 1.29 is 42.7 Å². The van der Waals surface area contributed by atoms with Crippen molar-refractivity contribution in [3.8, 4) is 69.7 Å². The molecule has 0 bridgehead atoms. The zero-order chi connectivity index (χ0) is 37.4. The number of hydrogen-bond donors (Lipinski definition) is 0. The van der Waals surface area contributed by atoms with E-state index in [0.29, 0.717) is 58.8 Å². The van der Waals surface area contributed by atoms with Crippen molar-refractivity contribution in [2.24, 2.45) is 0 Å². The number of ketones is 1. The van der Waals surface area contributed by atoms with Crippen LogP contribution in [0.2, 0.25) is 0 Å². The Bertz CT molecular complexity index is 2460. The monoisotopic (exact) mass is 778 g/mol. The molecule has 0 spiro atoms. The number of para-hydroxylation sites is 4. The molecule has 11 heteroatoms. The molecular formula is C45H30O9S2. The Labute approximate surface area is 330 Å². The SMILES string of the molecule is O=C(C(Cc1cccc2c1OCO2)c1ccc(C#Cc2cccc3c2OCO3)s1)C(Cc1cccc2c1OCO2)c1ccc(C#Cc2cccc3c2OCO3)s1. The lowest BCUT2D eigenvalue weighted by Crippen LogP contribution is -2.23. The van der Waals surface area contributed by atoms with Crippen molar-refractivity contribution in [2.45, 2.75) is 24.7 Å². The molecule has 56 heavy (non-hydrogen) atoms. The molecule has 0 N–H and O–H groups in total. The summed E-state index contributed by atoms with van der Waals surface area (Å²) in [6.07, 6.45) is 0.802. The third kappa shape index (κ3) is 6.51. The van der Waals surface area contributed by atoms with E-state index in [0.717, 1.165) is 41.8 Å². The molecule has 0 saturated carbocycles. The molecule has 10 rings (SSSR count). The van der Waals surface area contributed by atoms with E-state index in [1.54, 1.807) is 0 Å². The predicted octanol–water partition coefficient (Wildman–Crippen LogP) is 8.45. The first kappa shape index (κ1) is 34.0. The quantitative estimate of drug-likeness (QED) is 0.141. The Morgan fingerprint density at radius 1 is 0.464 bits per heavy atom. The number of rotatable bonds is 8. The summed E-state index contributed by atoms with van der Waals surface area (Å²) in [6.45, 7) is 0.607. The van der Waals surface area contributed by atoms with Crippen LogP contribution in [0, 0.1) is 23.7 Å². The fourth-order valence-corrected chi connectivity index (χ4v) is 9.14. The number of ether oxygens (including phenoxy) is 8. The minimum atomic E-state index is -0.538. The number of hydrogen-bond acceptors (Lipinski definition) is 11. The van der Waals surface area contributed by atoms with E-state index in [2.05, 4.69) is 23.7 Å². The molecule has 4 aromatic carbocycles. The van der Waals surface area contributed by atoms with Gasteiger partial charge >= 0.3 is 0 Å². The van der Waals surface area contributed by atoms with Gasteiger partial charge in [-0.1, -0.05) is 60.1 Å². The Hall–Kier alpha value is -6.53. The number of benzene rings is 4. The number of carbonyl (C=O) groups is 1. The summed E-state index contributed by atoms with van der Waals surface area (Å²) in [5.74, 6) is 17.4. The van der Waals surface area contributed by atoms with Crippen LogP contribution in [0.15, 0.2) is 97.1 Å². The van der Waals surface area contributed by atoms with E-state index in [4.69, 9.17) is 37.9 Å². The topological polar surface area (TPSA) is 90.9 Å². The fourth-order valence-electron chi connectivity index (χ4n) is 7.20. The summed E-state index contributed by atoms with van der Waals surface area (Å²) in [4.78, 5) is 18.9. The van der Waals surface area contributed by atoms with Crippen LogP contribution in [0.5, 0.6) is 46.0 Å². The molecule has 6 heterocycles. The average Bonchev–Trinajstić information content (AvgIpc) is 4.08. The first-order valence-corrected chi connectivity index (χ1v) is 19.6. The van der Waals surface area contributed by atoms with E-state index in [9.17, 15) is 0 Å². The molecule has 0 radical (unpaired) electrons. The van der Waals surface area contributed by atoms with Crippen LogP contribution < -0.4 is 37.9 Å². The number of Topliss-reactive ketones (excluding diaryl/α,β-unsaturated/α-hetero) is 1. The Morgan fingerprint density at radius 3 is 1.30 bits per heavy atom. The number of carbonyl (C=O) groups excluding carboxylic acids is 1. The van der Waals surface area contributed by atoms with Gasteiger partial charge in [-0.05, 0) is 84.6 Å². The summed E-state index contributed by atoms with van der Waals surface area (Å²) >= 11 is 3.02. The van der Waals surface area contributed by atoms with Crippen LogP contribution in [0.3, 0.4) is 0 Å². The zero-order valence-corrected chi connectivity index (χ0v) is 31.3. The van der Waals surface area contributed by atoms with Crippen LogP contribution >= 0.6 is 22.7 Å². The van der Waals surface area contributed by atoms with Gasteiger partial charge in [-0.3, -0.25) is 4.79 Å². The second kappa shape index (κ2) is 14.6. The molecular weight excluding hydrogens is 749 g/mol. The van der Waals surface area contributed by atoms with Gasteiger partial charge in [0.05, 0.1) is 32.7 Å². The van der Waals surface area contributed by atoms with Crippen LogP contribution in [0.1, 0.15) is 53.6 Å². The molecule has 0 amide bonds. The van der Waals surface area contributed by atoms with E-state index >= 15 is 4.79 Å². The maximum absolute atomic E-state index is 15.4. The lowest BCUT2D eigenvalue weighted by atomic mass is 9.82. The van der Waals surface area contributed by atoms with E-state index in [-0.39, 0.29) is 33.0 Å². The minimum absolute atomic E-state index is 0.0543. The van der Waals surface area contributed by atoms with Crippen molar-refractivity contribution in [1.82, 2.24) is 0 Å². The van der Waals surface area contributed by atoms with Gasteiger partial charge in [-0.25, -0.2) is 0 Å². The van der Waals surface area contributed by atoms with Gasteiger partial charge in [0.25, 0.3) is 0 Å². The fraction of sp³-hybridized carbons (Fsp3) is 0.178. The van der Waals surface area contributed by atoms with Gasteiger partial charge in [0.2, 0.25) is 27.2 Å². The molecule has 2 unspecified atom stereocenters. The highest BCUT2D eigenvalue weighted by atomic mass is 32.1. The van der Waals surface area contributed by atoms with Gasteiger partial charge < -0.3 is 37.9 Å². The zero-order valence-electron chi connectivity index (χ0n) is 29.6. The standard InChI is InChI=1S/C45H30O9S2/c46-41(33(21-29-7-3-11-37-44(29)53-25-49-37)39-19-17-31(55-39)15-13-27-5-1-9-35-42(27)51-23-47-35)34(22-30-8-4-12-38-45(30)54-26-50-38)40-20-18-32(56-40)16-14-28-6-2-10-36-43(28)52-24-48-36/h1-12,17-20,33-34H,21-26H2. The van der Waals surface area contributed by atoms with E-state index in [1.807, 2.05) is 97.1 Å². The second-order valence-corrected chi connectivity index (χ2v) is 15.4. The van der Waals surface area contributed by atoms with Gasteiger partial charge in [0.15, 0.2) is 46.0 Å². The Kier molecular flexibility index (Phi) is 8.87. The normalized spacial score (nSPS) is 14.7. The molecule has 0 aliphatic carbocycles. The van der Waals surface area contributed by atoms with E-state index in [1.165, 1.54) is 22.7 Å². The van der Waals surface area contributed by atoms with Crippen molar-refractivity contribution in [3.63, 3.8) is 0 Å². The van der Waals surface area contributed by atoms with Gasteiger partial charge in [-0.2, -0.15) is 0 Å². The molecule has 6 aromatic rings. The molecule has 4 aliphatic rings. The maximum atomic E-state index is 15.4. The highest BCUT2D eigenvalue weighted by molar-refractivity contribution is 7.13. The third-order valence-corrected chi connectivity index (χ3v) is 12.1. The van der Waals surface area contributed by atoms with Crippen LogP contribution in [-0.4, -0.2) is 33.0 Å². The van der Waals surface area contributed by atoms with Crippen molar-refractivity contribution in [3.05, 3.63) is 139 Å². The number of thiophene rings is 2. The molecule has 276 valence electrons. The van der Waals surface area contributed by atoms with Crippen LogP contribution in [-0.2, 0) is 17.6 Å². The van der Waals surface area contributed by atoms with Crippen LogP contribution in [0.4, 0.5) is 0 Å². The largest absolute Gasteiger partial charge is 0.454 e. The molecule has 4 aliphatic heterocycles. The summed E-state index contributed by atoms with van der Waals surface area (Å²) in [5.41, 5.74) is 3.28. The predicted molar refractivity (Wildman–Crippen MR) is 209 cm³/mol. The van der Waals surface area contributed by atoms with Gasteiger partial charge in [0.1, 0.15) is 5.78 Å². The molecule has 0 fully saturated rings. The summed E-state index contributed by atoms with van der Waals surface area (Å²) in [5, 5.41) is 0. The first-order chi connectivity index (χ1) is 27.6. The first-order valence-electron chi connectivity index (χ1n) is 17.9. The molecule has 9 nitrogen and oxygen atoms in total. The Balaban J connectivity index is 1.03. The smallest absolute Gasteiger partial charge is 0.231 e. The van der Waals surface area contributed by atoms with Crippen molar-refractivity contribution in [2.75, 3.05) is 27.2 Å². The van der Waals surface area contributed by atoms with Gasteiger partial charge in [0, 0.05) is 9.75 Å². The third-order valence-electron chi connectivity index (χ3n) is 9.87. The van der Waals surface area contributed by atoms with E-state index < -0.39 is 11.8 Å². The maximum Gasteiger partial charge on any atom is 0.231 e. The highest BCUT2D eigenvalue weighted by Crippen LogP contribution is 2.44. The highest BCUT2D eigenvalue weighted by Gasteiger charge is 2.35. The number of fused-ring (bicyclic) bond motifs is 4. The summed E-state index contributed by atoms with van der Waals surface area (Å²) in [7, 11) is 0. The second-order valence-electron chi connectivity index (χ2n) is 13.2. The van der Waals surface area contributed by atoms with Crippen molar-refractivity contribution in [1.29, 1.82) is 0 Å². The lowest BCUT2D eigenvalue weighted by Gasteiger charge is -2.22. The lowest BCUT2D eigenvalue weighted by molar-refractivity contribution is -0.121. The Morgan fingerprint density at radius 2 is 0.857 bits per heavy atom. The van der Waals surface area contributed by atoms with Gasteiger partial charge in [-0.15, -0.1) is 22.7 Å². The molecule has 2 aromatic heterocycles. The molecule has 0 saturated heterocycles. The average molecular weight is 779 g/mol. The van der Waals surface area contributed by atoms with Crippen LogP contribution in [0.25, 0.3) is 0 Å². The summed E-state index contributed by atoms with van der Waals surface area (Å²) in [6, 6.07) is 30.9.